The molecule has 1 aliphatic rings. The average Bonchev–Trinajstić information content (AvgIpc) is 2.54. The molecular weight excluding hydrogens is 302 g/mol. The number of piperazine rings is 1. The number of halogens is 2. The molecular formula is C17H24F2N2O2. The summed E-state index contributed by atoms with van der Waals surface area (Å²) in [5, 5.41) is 0. The Balaban J connectivity index is 2.25. The maximum atomic E-state index is 14.3. The van der Waals surface area contributed by atoms with Gasteiger partial charge in [0, 0.05) is 31.7 Å². The maximum absolute atomic E-state index is 14.3. The molecule has 0 N–H and O–H groups in total. The average molecular weight is 326 g/mol. The van der Waals surface area contributed by atoms with Crippen LogP contribution in [0.25, 0.3) is 0 Å². The van der Waals surface area contributed by atoms with Crippen molar-refractivity contribution in [2.75, 3.05) is 26.7 Å². The molecule has 4 nitrogen and oxygen atoms in total. The zero-order valence-electron chi connectivity index (χ0n) is 14.1. The summed E-state index contributed by atoms with van der Waals surface area (Å²) in [5.41, 5.74) is -0.530. The summed E-state index contributed by atoms with van der Waals surface area (Å²) < 4.78 is 33.2. The molecule has 1 aromatic rings. The van der Waals surface area contributed by atoms with E-state index < -0.39 is 23.1 Å². The molecule has 0 saturated carbocycles. The van der Waals surface area contributed by atoms with E-state index in [9.17, 15) is 13.6 Å². The quantitative estimate of drug-likeness (QED) is 0.853. The number of rotatable bonds is 4. The van der Waals surface area contributed by atoms with Crippen LogP contribution in [0.15, 0.2) is 12.1 Å². The highest BCUT2D eigenvalue weighted by Gasteiger charge is 2.33. The lowest BCUT2D eigenvalue weighted by atomic mass is 10.1. The van der Waals surface area contributed by atoms with Crippen molar-refractivity contribution >= 4 is 5.91 Å². The van der Waals surface area contributed by atoms with Crippen LogP contribution in [0.1, 0.15) is 37.6 Å². The second-order valence-electron chi connectivity index (χ2n) is 6.08. The highest BCUT2D eigenvalue weighted by atomic mass is 19.1. The van der Waals surface area contributed by atoms with Crippen molar-refractivity contribution in [3.63, 3.8) is 0 Å². The molecule has 0 bridgehead atoms. The summed E-state index contributed by atoms with van der Waals surface area (Å²) in [6.07, 6.45) is 0.880. The van der Waals surface area contributed by atoms with Gasteiger partial charge in [-0.3, -0.25) is 9.69 Å². The lowest BCUT2D eigenvalue weighted by Crippen LogP contribution is -2.56. The Hall–Kier alpha value is -1.69. The minimum Gasteiger partial charge on any atom is -0.494 e. The third-order valence-electron chi connectivity index (χ3n) is 4.44. The number of carbonyl (C=O) groups is 1. The first-order chi connectivity index (χ1) is 10.9. The number of amides is 1. The molecule has 1 unspecified atom stereocenters. The van der Waals surface area contributed by atoms with Gasteiger partial charge in [-0.2, -0.15) is 0 Å². The summed E-state index contributed by atoms with van der Waals surface area (Å²) in [4.78, 5) is 16.5. The second kappa shape index (κ2) is 7.25. The fraction of sp³-hybridized carbons (Fsp3) is 0.588. The first kappa shape index (κ1) is 17.7. The van der Waals surface area contributed by atoms with E-state index in [0.29, 0.717) is 25.7 Å². The van der Waals surface area contributed by atoms with E-state index in [1.54, 1.807) is 0 Å². The van der Waals surface area contributed by atoms with Gasteiger partial charge in [-0.1, -0.05) is 6.92 Å². The van der Waals surface area contributed by atoms with Crippen LogP contribution in [0.5, 0.6) is 5.75 Å². The molecule has 1 amide bonds. The molecule has 1 saturated heterocycles. The summed E-state index contributed by atoms with van der Waals surface area (Å²) in [5.74, 6) is -2.52. The zero-order valence-corrected chi connectivity index (χ0v) is 14.1. The summed E-state index contributed by atoms with van der Waals surface area (Å²) >= 11 is 0. The second-order valence-corrected chi connectivity index (χ2v) is 6.08. The Labute approximate surface area is 136 Å². The van der Waals surface area contributed by atoms with Crippen molar-refractivity contribution < 1.29 is 18.3 Å². The minimum atomic E-state index is -0.933. The van der Waals surface area contributed by atoms with Gasteiger partial charge in [-0.15, -0.1) is 0 Å². The standard InChI is InChI=1S/C17H24F2N2O2/c1-5-12-10-20(8-9-21(12)11(2)3)17(22)15-13(18)6-7-14(23-4)16(15)19/h6-7,11-12H,5,8-10H2,1-4H3. The van der Waals surface area contributed by atoms with E-state index in [4.69, 9.17) is 4.74 Å². The van der Waals surface area contributed by atoms with E-state index >= 15 is 0 Å². The minimum absolute atomic E-state index is 0.123. The lowest BCUT2D eigenvalue weighted by molar-refractivity contribution is 0.0364. The van der Waals surface area contributed by atoms with Crippen molar-refractivity contribution in [1.82, 2.24) is 9.80 Å². The first-order valence-electron chi connectivity index (χ1n) is 7.97. The number of hydrogen-bond donors (Lipinski definition) is 0. The van der Waals surface area contributed by atoms with Crippen molar-refractivity contribution in [3.05, 3.63) is 29.3 Å². The van der Waals surface area contributed by atoms with E-state index in [2.05, 4.69) is 25.7 Å². The van der Waals surface area contributed by atoms with Crippen molar-refractivity contribution in [3.8, 4) is 5.75 Å². The Bertz CT molecular complexity index is 578. The van der Waals surface area contributed by atoms with Gasteiger partial charge in [0.1, 0.15) is 11.4 Å². The van der Waals surface area contributed by atoms with Gasteiger partial charge in [0.2, 0.25) is 0 Å². The molecule has 1 aliphatic heterocycles. The highest BCUT2D eigenvalue weighted by Crippen LogP contribution is 2.25. The number of nitrogens with zero attached hydrogens (tertiary/aromatic N) is 2. The van der Waals surface area contributed by atoms with E-state index in [-0.39, 0.29) is 11.8 Å². The molecule has 0 radical (unpaired) electrons. The molecule has 6 heteroatoms. The van der Waals surface area contributed by atoms with Crippen LogP contribution in [0.2, 0.25) is 0 Å². The lowest BCUT2D eigenvalue weighted by Gasteiger charge is -2.43. The summed E-state index contributed by atoms with van der Waals surface area (Å²) in [7, 11) is 1.29. The van der Waals surface area contributed by atoms with Crippen LogP contribution in [-0.4, -0.2) is 54.5 Å². The predicted molar refractivity (Wildman–Crippen MR) is 84.7 cm³/mol. The van der Waals surface area contributed by atoms with E-state index in [1.807, 2.05) is 0 Å². The Morgan fingerprint density at radius 3 is 2.61 bits per heavy atom. The highest BCUT2D eigenvalue weighted by molar-refractivity contribution is 5.95. The number of carbonyl (C=O) groups excluding carboxylic acids is 1. The van der Waals surface area contributed by atoms with E-state index in [1.165, 1.54) is 18.1 Å². The van der Waals surface area contributed by atoms with Crippen molar-refractivity contribution in [2.24, 2.45) is 0 Å². The molecule has 1 atom stereocenters. The Kier molecular flexibility index (Phi) is 5.57. The van der Waals surface area contributed by atoms with Crippen LogP contribution >= 0.6 is 0 Å². The van der Waals surface area contributed by atoms with Crippen molar-refractivity contribution in [1.29, 1.82) is 0 Å². The third-order valence-corrected chi connectivity index (χ3v) is 4.44. The summed E-state index contributed by atoms with van der Waals surface area (Å²) in [6.45, 7) is 7.92. The van der Waals surface area contributed by atoms with Crippen LogP contribution in [-0.2, 0) is 0 Å². The van der Waals surface area contributed by atoms with Gasteiger partial charge in [0.25, 0.3) is 5.91 Å². The summed E-state index contributed by atoms with van der Waals surface area (Å²) in [6, 6.07) is 2.83. The number of ether oxygens (including phenoxy) is 1. The Morgan fingerprint density at radius 1 is 1.35 bits per heavy atom. The largest absolute Gasteiger partial charge is 0.494 e. The fourth-order valence-electron chi connectivity index (χ4n) is 3.14. The van der Waals surface area contributed by atoms with Gasteiger partial charge in [-0.25, -0.2) is 8.78 Å². The third kappa shape index (κ3) is 3.47. The SMILES string of the molecule is CCC1CN(C(=O)c2c(F)ccc(OC)c2F)CCN1C(C)C. The maximum Gasteiger partial charge on any atom is 0.260 e. The number of hydrogen-bond acceptors (Lipinski definition) is 3. The van der Waals surface area contributed by atoms with Gasteiger partial charge >= 0.3 is 0 Å². The zero-order chi connectivity index (χ0) is 17.1. The monoisotopic (exact) mass is 326 g/mol. The molecule has 0 spiro atoms. The molecule has 1 fully saturated rings. The topological polar surface area (TPSA) is 32.8 Å². The fourth-order valence-corrected chi connectivity index (χ4v) is 3.14. The molecule has 1 heterocycles. The molecule has 1 aromatic carbocycles. The predicted octanol–water partition coefficient (Wildman–Crippen LogP) is 2.92. The number of methoxy groups -OCH3 is 1. The van der Waals surface area contributed by atoms with Gasteiger partial charge in [0.05, 0.1) is 7.11 Å². The molecule has 128 valence electrons. The molecule has 23 heavy (non-hydrogen) atoms. The first-order valence-corrected chi connectivity index (χ1v) is 7.97. The molecule has 0 aliphatic carbocycles. The van der Waals surface area contributed by atoms with Crippen LogP contribution in [0, 0.1) is 11.6 Å². The van der Waals surface area contributed by atoms with Gasteiger partial charge in [0.15, 0.2) is 11.6 Å². The smallest absolute Gasteiger partial charge is 0.260 e. The van der Waals surface area contributed by atoms with Crippen LogP contribution in [0.4, 0.5) is 8.78 Å². The normalized spacial score (nSPS) is 19.3. The molecule has 0 aromatic heterocycles. The number of benzene rings is 1. The van der Waals surface area contributed by atoms with Gasteiger partial charge in [-0.05, 0) is 32.4 Å². The van der Waals surface area contributed by atoms with Gasteiger partial charge < -0.3 is 9.64 Å². The van der Waals surface area contributed by atoms with Crippen molar-refractivity contribution in [2.45, 2.75) is 39.3 Å². The molecule has 2 rings (SSSR count). The van der Waals surface area contributed by atoms with Crippen LogP contribution in [0.3, 0.4) is 0 Å². The van der Waals surface area contributed by atoms with E-state index in [0.717, 1.165) is 12.5 Å². The van der Waals surface area contributed by atoms with Crippen LogP contribution < -0.4 is 4.74 Å². The Morgan fingerprint density at radius 2 is 2.04 bits per heavy atom.